The number of nitrogens with zero attached hydrogens (tertiary/aromatic N) is 1. The molecular weight excluding hydrogens is 340 g/mol. The molecular formula is C21H30N4O2. The van der Waals surface area contributed by atoms with Crippen LogP contribution in [0.15, 0.2) is 24.3 Å². The summed E-state index contributed by atoms with van der Waals surface area (Å²) in [7, 11) is 0. The van der Waals surface area contributed by atoms with Gasteiger partial charge in [-0.15, -0.1) is 0 Å². The molecule has 1 aromatic carbocycles. The minimum Gasteiger partial charge on any atom is -0.356 e. The van der Waals surface area contributed by atoms with E-state index in [0.717, 1.165) is 38.5 Å². The SMILES string of the molecule is CCCCC1NC(=N)N(CCCNC(=O)C2CCc3ccccc3C2)C1=O. The smallest absolute Gasteiger partial charge is 0.251 e. The van der Waals surface area contributed by atoms with Gasteiger partial charge in [0.1, 0.15) is 6.04 Å². The maximum absolute atomic E-state index is 12.5. The monoisotopic (exact) mass is 370 g/mol. The third kappa shape index (κ3) is 4.67. The van der Waals surface area contributed by atoms with Crippen molar-refractivity contribution in [1.82, 2.24) is 15.5 Å². The number of carbonyl (C=O) groups is 2. The van der Waals surface area contributed by atoms with E-state index < -0.39 is 0 Å². The van der Waals surface area contributed by atoms with E-state index in [1.54, 1.807) is 0 Å². The van der Waals surface area contributed by atoms with Crippen molar-refractivity contribution in [3.05, 3.63) is 35.4 Å². The van der Waals surface area contributed by atoms with Crippen LogP contribution in [-0.4, -0.2) is 41.8 Å². The highest BCUT2D eigenvalue weighted by atomic mass is 16.2. The molecule has 1 aromatic rings. The van der Waals surface area contributed by atoms with Gasteiger partial charge in [-0.25, -0.2) is 0 Å². The molecule has 1 saturated heterocycles. The normalized spacial score (nSPS) is 21.7. The van der Waals surface area contributed by atoms with Crippen LogP contribution in [0.4, 0.5) is 0 Å². The van der Waals surface area contributed by atoms with E-state index in [9.17, 15) is 9.59 Å². The fourth-order valence-electron chi connectivity index (χ4n) is 3.94. The lowest BCUT2D eigenvalue weighted by Crippen LogP contribution is -2.37. The molecule has 146 valence electrons. The number of carbonyl (C=O) groups excluding carboxylic acids is 2. The minimum absolute atomic E-state index is 0.0105. The van der Waals surface area contributed by atoms with E-state index in [2.05, 4.69) is 35.8 Å². The topological polar surface area (TPSA) is 85.3 Å². The first-order chi connectivity index (χ1) is 13.1. The number of hydrogen-bond acceptors (Lipinski definition) is 3. The molecule has 2 atom stereocenters. The summed E-state index contributed by atoms with van der Waals surface area (Å²) in [5.41, 5.74) is 2.64. The molecule has 1 aliphatic heterocycles. The molecule has 27 heavy (non-hydrogen) atoms. The Bertz CT molecular complexity index is 703. The summed E-state index contributed by atoms with van der Waals surface area (Å²) in [6.45, 7) is 3.10. The van der Waals surface area contributed by atoms with Gasteiger partial charge >= 0.3 is 0 Å². The van der Waals surface area contributed by atoms with Crippen molar-refractivity contribution in [2.45, 2.75) is 57.9 Å². The summed E-state index contributed by atoms with van der Waals surface area (Å²) in [6, 6.07) is 8.09. The van der Waals surface area contributed by atoms with Gasteiger partial charge < -0.3 is 10.6 Å². The van der Waals surface area contributed by atoms with Crippen LogP contribution in [0.3, 0.4) is 0 Å². The predicted octanol–water partition coefficient (Wildman–Crippen LogP) is 2.22. The Hall–Kier alpha value is -2.37. The number of fused-ring (bicyclic) bond motifs is 1. The molecule has 3 N–H and O–H groups in total. The Balaban J connectivity index is 1.40. The zero-order valence-electron chi connectivity index (χ0n) is 16.1. The van der Waals surface area contributed by atoms with Crippen molar-refractivity contribution in [2.75, 3.05) is 13.1 Å². The summed E-state index contributed by atoms with van der Waals surface area (Å²) < 4.78 is 0. The zero-order valence-corrected chi connectivity index (χ0v) is 16.1. The summed E-state index contributed by atoms with van der Waals surface area (Å²) >= 11 is 0. The van der Waals surface area contributed by atoms with Crippen LogP contribution in [0.2, 0.25) is 0 Å². The van der Waals surface area contributed by atoms with E-state index in [1.807, 2.05) is 6.07 Å². The second-order valence-corrected chi connectivity index (χ2v) is 7.53. The van der Waals surface area contributed by atoms with Crippen LogP contribution in [0.1, 0.15) is 50.2 Å². The molecule has 0 bridgehead atoms. The number of hydrogen-bond donors (Lipinski definition) is 3. The summed E-state index contributed by atoms with van der Waals surface area (Å²) in [4.78, 5) is 26.3. The third-order valence-electron chi connectivity index (χ3n) is 5.57. The minimum atomic E-state index is -0.255. The van der Waals surface area contributed by atoms with Gasteiger partial charge in [-0.2, -0.15) is 0 Å². The first kappa shape index (κ1) is 19.4. The number of aryl methyl sites for hydroxylation is 1. The molecule has 2 unspecified atom stereocenters. The van der Waals surface area contributed by atoms with Gasteiger partial charge in [0.2, 0.25) is 5.91 Å². The molecule has 2 amide bonds. The summed E-state index contributed by atoms with van der Waals surface area (Å²) in [5, 5.41) is 13.9. The first-order valence-corrected chi connectivity index (χ1v) is 10.1. The average molecular weight is 370 g/mol. The molecule has 0 radical (unpaired) electrons. The lowest BCUT2D eigenvalue weighted by molar-refractivity contribution is -0.127. The Morgan fingerprint density at radius 3 is 2.85 bits per heavy atom. The summed E-state index contributed by atoms with van der Waals surface area (Å²) in [6.07, 6.45) is 6.10. The lowest BCUT2D eigenvalue weighted by Gasteiger charge is -2.24. The largest absolute Gasteiger partial charge is 0.356 e. The molecule has 2 aliphatic rings. The van der Waals surface area contributed by atoms with Gasteiger partial charge in [-0.1, -0.05) is 44.0 Å². The van der Waals surface area contributed by atoms with E-state index in [4.69, 9.17) is 5.41 Å². The van der Waals surface area contributed by atoms with E-state index in [-0.39, 0.29) is 29.7 Å². The predicted molar refractivity (Wildman–Crippen MR) is 105 cm³/mol. The standard InChI is InChI=1S/C21H30N4O2/c1-2-3-9-18-20(27)25(21(22)24-18)13-6-12-23-19(26)17-11-10-15-7-4-5-8-16(15)14-17/h4-5,7-8,17-18H,2-3,6,9-14H2,1H3,(H2,22,24)(H,23,26). The summed E-state index contributed by atoms with van der Waals surface area (Å²) in [5.74, 6) is 0.318. The van der Waals surface area contributed by atoms with E-state index in [0.29, 0.717) is 19.5 Å². The second kappa shape index (κ2) is 9.02. The second-order valence-electron chi connectivity index (χ2n) is 7.53. The van der Waals surface area contributed by atoms with Crippen molar-refractivity contribution in [3.63, 3.8) is 0 Å². The van der Waals surface area contributed by atoms with Gasteiger partial charge in [0.15, 0.2) is 5.96 Å². The Morgan fingerprint density at radius 2 is 2.07 bits per heavy atom. The number of nitrogens with one attached hydrogen (secondary N) is 3. The lowest BCUT2D eigenvalue weighted by atomic mass is 9.83. The maximum Gasteiger partial charge on any atom is 0.251 e. The molecule has 3 rings (SSSR count). The molecule has 1 aliphatic carbocycles. The van der Waals surface area contributed by atoms with Crippen molar-refractivity contribution in [1.29, 1.82) is 5.41 Å². The Kier molecular flexibility index (Phi) is 6.48. The Morgan fingerprint density at radius 1 is 1.30 bits per heavy atom. The van der Waals surface area contributed by atoms with Crippen LogP contribution in [0.5, 0.6) is 0 Å². The highest BCUT2D eigenvalue weighted by Gasteiger charge is 2.34. The van der Waals surface area contributed by atoms with Gasteiger partial charge in [0, 0.05) is 19.0 Å². The number of amides is 2. The molecule has 1 fully saturated rings. The number of benzene rings is 1. The van der Waals surface area contributed by atoms with Crippen LogP contribution in [-0.2, 0) is 22.4 Å². The zero-order chi connectivity index (χ0) is 19.2. The first-order valence-electron chi connectivity index (χ1n) is 10.1. The molecule has 0 spiro atoms. The maximum atomic E-state index is 12.5. The number of guanidine groups is 1. The van der Waals surface area contributed by atoms with E-state index in [1.165, 1.54) is 16.0 Å². The molecule has 0 saturated carbocycles. The quantitative estimate of drug-likeness (QED) is 0.614. The van der Waals surface area contributed by atoms with Gasteiger partial charge in [0.25, 0.3) is 5.91 Å². The molecule has 1 heterocycles. The number of rotatable bonds is 8. The van der Waals surface area contributed by atoms with Crippen LogP contribution < -0.4 is 10.6 Å². The fourth-order valence-corrected chi connectivity index (χ4v) is 3.94. The van der Waals surface area contributed by atoms with Crippen molar-refractivity contribution < 1.29 is 9.59 Å². The molecule has 6 heteroatoms. The fraction of sp³-hybridized carbons (Fsp3) is 0.571. The molecule has 0 aromatic heterocycles. The van der Waals surface area contributed by atoms with Crippen molar-refractivity contribution in [3.8, 4) is 0 Å². The highest BCUT2D eigenvalue weighted by Crippen LogP contribution is 2.25. The Labute approximate surface area is 161 Å². The van der Waals surface area contributed by atoms with Gasteiger partial charge in [0.05, 0.1) is 0 Å². The third-order valence-corrected chi connectivity index (χ3v) is 5.57. The van der Waals surface area contributed by atoms with Crippen molar-refractivity contribution >= 4 is 17.8 Å². The van der Waals surface area contributed by atoms with Crippen LogP contribution >= 0.6 is 0 Å². The molecule has 6 nitrogen and oxygen atoms in total. The van der Waals surface area contributed by atoms with E-state index >= 15 is 0 Å². The van der Waals surface area contributed by atoms with Crippen LogP contribution in [0.25, 0.3) is 0 Å². The van der Waals surface area contributed by atoms with Crippen LogP contribution in [0, 0.1) is 11.3 Å². The average Bonchev–Trinajstić information content (AvgIpc) is 2.96. The van der Waals surface area contributed by atoms with Gasteiger partial charge in [-0.3, -0.25) is 19.9 Å². The number of unbranched alkanes of at least 4 members (excludes halogenated alkanes) is 1. The highest BCUT2D eigenvalue weighted by molar-refractivity contribution is 6.05. The van der Waals surface area contributed by atoms with Crippen molar-refractivity contribution in [2.24, 2.45) is 5.92 Å². The van der Waals surface area contributed by atoms with Gasteiger partial charge in [-0.05, 0) is 43.2 Å².